The fourth-order valence-corrected chi connectivity index (χ4v) is 3.35. The van der Waals surface area contributed by atoms with E-state index in [9.17, 15) is 13.2 Å². The molecule has 0 fully saturated rings. The van der Waals surface area contributed by atoms with Gasteiger partial charge in [0.05, 0.1) is 24.1 Å². The zero-order chi connectivity index (χ0) is 16.2. The molecule has 1 heterocycles. The molecular weight excluding hydrogens is 330 g/mol. The van der Waals surface area contributed by atoms with Gasteiger partial charge in [-0.1, -0.05) is 6.07 Å². The lowest BCUT2D eigenvalue weighted by Gasteiger charge is -2.08. The Balaban J connectivity index is 2.29. The van der Waals surface area contributed by atoms with E-state index in [1.165, 1.54) is 18.0 Å². The number of hydrogen-bond acceptors (Lipinski definition) is 5. The first-order chi connectivity index (χ1) is 10.5. The number of halogens is 1. The summed E-state index contributed by atoms with van der Waals surface area (Å²) in [6, 6.07) is 4.89. The number of carbonyl (C=O) groups is 1. The van der Waals surface area contributed by atoms with Crippen molar-refractivity contribution in [2.24, 2.45) is 0 Å². The van der Waals surface area contributed by atoms with Crippen molar-refractivity contribution in [2.45, 2.75) is 12.8 Å². The normalized spacial score (nSPS) is 11.5. The number of hydrogen-bond donors (Lipinski definition) is 1. The molecule has 0 saturated heterocycles. The number of para-hydroxylation sites is 1. The minimum Gasteiger partial charge on any atom is -0.452 e. The molecule has 9 heteroatoms. The maximum absolute atomic E-state index is 12.0. The molecule has 0 radical (unpaired) electrons. The number of carbonyl (C=O) groups excluding carboxylic acids is 1. The summed E-state index contributed by atoms with van der Waals surface area (Å²) in [5.74, 6) is 0.405. The van der Waals surface area contributed by atoms with Crippen LogP contribution in [0.2, 0.25) is 0 Å². The van der Waals surface area contributed by atoms with Gasteiger partial charge in [-0.2, -0.15) is 0 Å². The summed E-state index contributed by atoms with van der Waals surface area (Å²) in [6.07, 6.45) is 1.81. The summed E-state index contributed by atoms with van der Waals surface area (Å²) in [6.45, 7) is 0. The van der Waals surface area contributed by atoms with Gasteiger partial charge in [-0.3, -0.25) is 4.72 Å². The van der Waals surface area contributed by atoms with Gasteiger partial charge in [-0.05, 0) is 25.0 Å². The Morgan fingerprint density at radius 2 is 2.18 bits per heavy atom. The second kappa shape index (κ2) is 6.97. The van der Waals surface area contributed by atoms with Gasteiger partial charge < -0.3 is 4.74 Å². The molecule has 0 saturated carbocycles. The highest BCUT2D eigenvalue weighted by Crippen LogP contribution is 2.23. The van der Waals surface area contributed by atoms with Crippen LogP contribution in [0.15, 0.2) is 24.5 Å². The number of rotatable bonds is 6. The number of benzene rings is 1. The number of nitrogens with zero attached hydrogens (tertiary/aromatic N) is 2. The van der Waals surface area contributed by atoms with E-state index in [2.05, 4.69) is 14.4 Å². The molecule has 0 aliphatic carbocycles. The van der Waals surface area contributed by atoms with Gasteiger partial charge in [0.25, 0.3) is 0 Å². The van der Waals surface area contributed by atoms with E-state index in [4.69, 9.17) is 11.6 Å². The first-order valence-corrected chi connectivity index (χ1v) is 8.78. The van der Waals surface area contributed by atoms with E-state index in [-0.39, 0.29) is 5.75 Å². The quantitative estimate of drug-likeness (QED) is 0.641. The lowest BCUT2D eigenvalue weighted by molar-refractivity contribution is 0.174. The highest BCUT2D eigenvalue weighted by Gasteiger charge is 2.16. The fourth-order valence-electron chi connectivity index (χ4n) is 1.97. The van der Waals surface area contributed by atoms with Gasteiger partial charge in [0, 0.05) is 5.88 Å². The summed E-state index contributed by atoms with van der Waals surface area (Å²) < 4.78 is 32.4. The number of ether oxygens (including phenoxy) is 1. The number of unbranched alkanes of at least 4 members (excludes halogenated alkanes) is 1. The largest absolute Gasteiger partial charge is 0.452 e. The van der Waals surface area contributed by atoms with Gasteiger partial charge in [0.2, 0.25) is 10.0 Å². The number of alkyl halides is 1. The van der Waals surface area contributed by atoms with Crippen LogP contribution >= 0.6 is 11.6 Å². The van der Waals surface area contributed by atoms with Crippen molar-refractivity contribution in [2.75, 3.05) is 23.5 Å². The van der Waals surface area contributed by atoms with Crippen LogP contribution in [0.3, 0.4) is 0 Å². The smallest absolute Gasteiger partial charge is 0.419 e. The fraction of sp³-hybridized carbons (Fsp3) is 0.385. The first-order valence-electron chi connectivity index (χ1n) is 6.59. The Labute approximate surface area is 133 Å². The minimum absolute atomic E-state index is 0.0200. The van der Waals surface area contributed by atoms with Crippen LogP contribution in [-0.4, -0.2) is 42.8 Å². The molecule has 1 N–H and O–H groups in total. The molecule has 120 valence electrons. The van der Waals surface area contributed by atoms with E-state index in [0.29, 0.717) is 35.4 Å². The maximum Gasteiger partial charge on any atom is 0.419 e. The summed E-state index contributed by atoms with van der Waals surface area (Å²) in [5.41, 5.74) is 1.17. The molecule has 0 amide bonds. The Morgan fingerprint density at radius 3 is 2.86 bits per heavy atom. The minimum atomic E-state index is -3.49. The van der Waals surface area contributed by atoms with Crippen LogP contribution < -0.4 is 4.72 Å². The number of anilines is 1. The SMILES string of the molecule is COC(=O)n1cnc2c(NS(=O)(=O)CCCCCl)cccc21. The number of methoxy groups -OCH3 is 1. The van der Waals surface area contributed by atoms with Crippen LogP contribution in [-0.2, 0) is 14.8 Å². The molecule has 1 aromatic heterocycles. The van der Waals surface area contributed by atoms with Gasteiger partial charge in [-0.25, -0.2) is 22.8 Å². The molecule has 0 aliphatic heterocycles. The molecule has 1 aromatic carbocycles. The van der Waals surface area contributed by atoms with E-state index in [1.54, 1.807) is 18.2 Å². The van der Waals surface area contributed by atoms with Crippen LogP contribution in [0.5, 0.6) is 0 Å². The third kappa shape index (κ3) is 3.69. The van der Waals surface area contributed by atoms with Crippen molar-refractivity contribution < 1.29 is 17.9 Å². The number of imidazole rings is 1. The lowest BCUT2D eigenvalue weighted by Crippen LogP contribution is -2.17. The predicted molar refractivity (Wildman–Crippen MR) is 84.9 cm³/mol. The molecule has 2 aromatic rings. The Morgan fingerprint density at radius 1 is 1.41 bits per heavy atom. The summed E-state index contributed by atoms with van der Waals surface area (Å²) in [5, 5.41) is 0. The Kier molecular flexibility index (Phi) is 5.25. The zero-order valence-corrected chi connectivity index (χ0v) is 13.5. The number of sulfonamides is 1. The number of nitrogens with one attached hydrogen (secondary N) is 1. The van der Waals surface area contributed by atoms with Gasteiger partial charge in [0.15, 0.2) is 0 Å². The molecule has 2 rings (SSSR count). The maximum atomic E-state index is 12.0. The Hall–Kier alpha value is -1.80. The van der Waals surface area contributed by atoms with Crippen LogP contribution in [0.4, 0.5) is 10.5 Å². The van der Waals surface area contributed by atoms with Crippen molar-refractivity contribution in [1.82, 2.24) is 9.55 Å². The monoisotopic (exact) mass is 345 g/mol. The van der Waals surface area contributed by atoms with E-state index in [1.807, 2.05) is 0 Å². The molecule has 22 heavy (non-hydrogen) atoms. The molecule has 0 bridgehead atoms. The average Bonchev–Trinajstić information content (AvgIpc) is 2.91. The second-order valence-electron chi connectivity index (χ2n) is 4.57. The molecule has 0 unspecified atom stereocenters. The second-order valence-corrected chi connectivity index (χ2v) is 6.79. The van der Waals surface area contributed by atoms with Crippen LogP contribution in [0.25, 0.3) is 11.0 Å². The topological polar surface area (TPSA) is 90.3 Å². The van der Waals surface area contributed by atoms with Crippen molar-refractivity contribution in [3.8, 4) is 0 Å². The van der Waals surface area contributed by atoms with Crippen LogP contribution in [0, 0.1) is 0 Å². The van der Waals surface area contributed by atoms with Gasteiger partial charge >= 0.3 is 6.09 Å². The average molecular weight is 346 g/mol. The summed E-state index contributed by atoms with van der Waals surface area (Å²) in [4.78, 5) is 15.7. The molecule has 0 atom stereocenters. The molecule has 0 spiro atoms. The number of aromatic nitrogens is 2. The molecular formula is C13H16ClN3O4S. The van der Waals surface area contributed by atoms with Gasteiger partial charge in [-0.15, -0.1) is 11.6 Å². The van der Waals surface area contributed by atoms with E-state index < -0.39 is 16.1 Å². The first kappa shape index (κ1) is 16.6. The van der Waals surface area contributed by atoms with Crippen molar-refractivity contribution in [1.29, 1.82) is 0 Å². The molecule has 7 nitrogen and oxygen atoms in total. The highest BCUT2D eigenvalue weighted by molar-refractivity contribution is 7.92. The lowest BCUT2D eigenvalue weighted by atomic mass is 10.3. The third-order valence-corrected chi connectivity index (χ3v) is 4.63. The van der Waals surface area contributed by atoms with Crippen molar-refractivity contribution >= 4 is 44.4 Å². The number of fused-ring (bicyclic) bond motifs is 1. The Bertz CT molecular complexity index is 773. The van der Waals surface area contributed by atoms with E-state index in [0.717, 1.165) is 0 Å². The predicted octanol–water partition coefficient (Wildman–Crippen LogP) is 2.41. The van der Waals surface area contributed by atoms with E-state index >= 15 is 0 Å². The van der Waals surface area contributed by atoms with Crippen molar-refractivity contribution in [3.63, 3.8) is 0 Å². The third-order valence-electron chi connectivity index (χ3n) is 3.01. The highest BCUT2D eigenvalue weighted by atomic mass is 35.5. The van der Waals surface area contributed by atoms with Crippen LogP contribution in [0.1, 0.15) is 12.8 Å². The van der Waals surface area contributed by atoms with Crippen molar-refractivity contribution in [3.05, 3.63) is 24.5 Å². The zero-order valence-electron chi connectivity index (χ0n) is 12.0. The molecule has 0 aliphatic rings. The summed E-state index contributed by atoms with van der Waals surface area (Å²) >= 11 is 5.54. The van der Waals surface area contributed by atoms with Gasteiger partial charge in [0.1, 0.15) is 11.8 Å². The standard InChI is InChI=1S/C13H16ClN3O4S/c1-21-13(18)17-9-15-12-10(5-4-6-11(12)17)16-22(19,20)8-3-2-7-14/h4-6,9,16H,2-3,7-8H2,1H3. The summed E-state index contributed by atoms with van der Waals surface area (Å²) in [7, 11) is -2.23.